The molecule has 0 bridgehead atoms. The summed E-state index contributed by atoms with van der Waals surface area (Å²) in [6.45, 7) is 14.8. The minimum absolute atomic E-state index is 0. The third-order valence-corrected chi connectivity index (χ3v) is 4.40. The molecule has 2 aliphatic carbocycles. The topological polar surface area (TPSA) is 29.1 Å². The summed E-state index contributed by atoms with van der Waals surface area (Å²) in [4.78, 5) is 12.2. The van der Waals surface area contributed by atoms with Crippen LogP contribution in [0.1, 0.15) is 67.4 Å². The number of nitrogens with one attached hydrogen (secondary N) is 1. The molecule has 1 amide bonds. The molecule has 2 heteroatoms. The molecule has 1 fully saturated rings. The Bertz CT molecular complexity index is 631. The molecule has 0 radical (unpaired) electrons. The molecule has 0 aromatic heterocycles. The first kappa shape index (κ1) is 20.2. The minimum Gasteiger partial charge on any atom is -0.348 e. The molecule has 0 saturated heterocycles. The van der Waals surface area contributed by atoms with Crippen molar-refractivity contribution in [1.82, 2.24) is 5.32 Å². The van der Waals surface area contributed by atoms with Crippen LogP contribution in [0.15, 0.2) is 41.5 Å². The summed E-state index contributed by atoms with van der Waals surface area (Å²) in [5.74, 6) is 1.35. The largest absolute Gasteiger partial charge is 0.348 e. The van der Waals surface area contributed by atoms with Crippen LogP contribution >= 0.6 is 0 Å². The lowest BCUT2D eigenvalue weighted by Crippen LogP contribution is -2.23. The second-order valence-electron chi connectivity index (χ2n) is 5.50. The summed E-state index contributed by atoms with van der Waals surface area (Å²) in [5, 5.41) is 3.02. The molecule has 1 N–H and O–H groups in total. The fourth-order valence-electron chi connectivity index (χ4n) is 3.37. The Labute approximate surface area is 149 Å². The molecule has 1 aromatic carbocycles. The smallest absolute Gasteiger partial charge is 0.251 e. The Balaban J connectivity index is 0.000000751. The Morgan fingerprint density at radius 1 is 1.00 bits per heavy atom. The van der Waals surface area contributed by atoms with Crippen LogP contribution in [0.25, 0.3) is 5.57 Å². The molecular weight excluding hydrogens is 294 g/mol. The van der Waals surface area contributed by atoms with Gasteiger partial charge in [0.2, 0.25) is 0 Å². The Kier molecular flexibility index (Phi) is 7.97. The molecule has 2 unspecified atom stereocenters. The maximum atomic E-state index is 12.2. The number of hydrogen-bond acceptors (Lipinski definition) is 1. The summed E-state index contributed by atoms with van der Waals surface area (Å²) in [6.07, 6.45) is 3.31. The van der Waals surface area contributed by atoms with Crippen molar-refractivity contribution in [1.29, 1.82) is 0 Å². The van der Waals surface area contributed by atoms with Gasteiger partial charge in [0.15, 0.2) is 0 Å². The lowest BCUT2D eigenvalue weighted by molar-refractivity contribution is -0.117. The molecular formula is C22H35NO. The first-order valence-electron chi connectivity index (χ1n) is 9.54. The first-order valence-corrected chi connectivity index (χ1v) is 9.54. The van der Waals surface area contributed by atoms with Gasteiger partial charge in [0, 0.05) is 13.5 Å². The van der Waals surface area contributed by atoms with Gasteiger partial charge in [0.1, 0.15) is 0 Å². The van der Waals surface area contributed by atoms with E-state index < -0.39 is 0 Å². The monoisotopic (exact) mass is 329 g/mol. The summed E-state index contributed by atoms with van der Waals surface area (Å²) in [7, 11) is 0. The number of amides is 1. The predicted molar refractivity (Wildman–Crippen MR) is 107 cm³/mol. The summed E-state index contributed by atoms with van der Waals surface area (Å²) < 4.78 is 0. The van der Waals surface area contributed by atoms with Gasteiger partial charge in [0.05, 0.1) is 0 Å². The quantitative estimate of drug-likeness (QED) is 0.622. The number of carbonyl (C=O) groups is 1. The number of rotatable bonds is 0. The van der Waals surface area contributed by atoms with E-state index in [1.807, 2.05) is 47.6 Å². The van der Waals surface area contributed by atoms with Crippen LogP contribution in [0.3, 0.4) is 0 Å². The fourth-order valence-corrected chi connectivity index (χ4v) is 3.37. The molecule has 1 aromatic rings. The average molecular weight is 330 g/mol. The van der Waals surface area contributed by atoms with Crippen molar-refractivity contribution in [3.8, 4) is 0 Å². The summed E-state index contributed by atoms with van der Waals surface area (Å²) in [5.41, 5.74) is 6.08. The van der Waals surface area contributed by atoms with Crippen molar-refractivity contribution < 1.29 is 6.22 Å². The number of carbonyl (C=O) groups excluding carboxylic acids is 1. The fraction of sp³-hybridized carbons (Fsp3) is 0.500. The number of benzene rings is 1. The van der Waals surface area contributed by atoms with Crippen molar-refractivity contribution in [3.63, 3.8) is 0 Å². The SMILES string of the molecule is CC.CC.CC.CC1=CC2=C(c3ccccc3CNC2=O)C2CC12.[HH]. The third kappa shape index (κ3) is 3.80. The molecule has 134 valence electrons. The number of hydrogen-bond donors (Lipinski definition) is 1. The van der Waals surface area contributed by atoms with Crippen LogP contribution in [0.4, 0.5) is 0 Å². The van der Waals surface area contributed by atoms with Crippen molar-refractivity contribution in [2.24, 2.45) is 11.8 Å². The molecule has 24 heavy (non-hydrogen) atoms. The highest BCUT2D eigenvalue weighted by Gasteiger charge is 2.46. The maximum absolute atomic E-state index is 12.2. The van der Waals surface area contributed by atoms with Crippen molar-refractivity contribution in [2.45, 2.75) is 61.4 Å². The van der Waals surface area contributed by atoms with E-state index in [2.05, 4.69) is 36.5 Å². The summed E-state index contributed by atoms with van der Waals surface area (Å²) in [6, 6.07) is 8.40. The van der Waals surface area contributed by atoms with Crippen LogP contribution in [-0.2, 0) is 11.3 Å². The average Bonchev–Trinajstić information content (AvgIpc) is 3.47. The normalized spacial score (nSPS) is 22.1. The van der Waals surface area contributed by atoms with Gasteiger partial charge in [-0.3, -0.25) is 4.79 Å². The molecule has 1 heterocycles. The van der Waals surface area contributed by atoms with Crippen molar-refractivity contribution in [3.05, 3.63) is 52.6 Å². The molecule has 2 atom stereocenters. The van der Waals surface area contributed by atoms with E-state index in [0.717, 1.165) is 5.57 Å². The van der Waals surface area contributed by atoms with Crippen molar-refractivity contribution >= 4 is 11.5 Å². The first-order chi connectivity index (χ1) is 11.8. The highest BCUT2D eigenvalue weighted by Crippen LogP contribution is 2.56. The Morgan fingerprint density at radius 2 is 1.62 bits per heavy atom. The van der Waals surface area contributed by atoms with Gasteiger partial charge in [0.25, 0.3) is 5.91 Å². The Morgan fingerprint density at radius 3 is 2.29 bits per heavy atom. The summed E-state index contributed by atoms with van der Waals surface area (Å²) >= 11 is 0. The molecule has 3 aliphatic rings. The van der Waals surface area contributed by atoms with Gasteiger partial charge < -0.3 is 5.32 Å². The Hall–Kier alpha value is -1.83. The van der Waals surface area contributed by atoms with Gasteiger partial charge in [-0.2, -0.15) is 0 Å². The lowest BCUT2D eigenvalue weighted by atomic mass is 9.87. The van der Waals surface area contributed by atoms with Gasteiger partial charge in [-0.1, -0.05) is 71.4 Å². The van der Waals surface area contributed by atoms with Crippen LogP contribution in [0, 0.1) is 11.8 Å². The van der Waals surface area contributed by atoms with Gasteiger partial charge in [-0.05, 0) is 48.0 Å². The third-order valence-electron chi connectivity index (χ3n) is 4.40. The van der Waals surface area contributed by atoms with E-state index in [9.17, 15) is 4.79 Å². The second-order valence-corrected chi connectivity index (χ2v) is 5.50. The zero-order chi connectivity index (χ0) is 18.3. The van der Waals surface area contributed by atoms with E-state index in [1.54, 1.807) is 0 Å². The van der Waals surface area contributed by atoms with E-state index in [1.165, 1.54) is 28.7 Å². The zero-order valence-corrected chi connectivity index (χ0v) is 16.4. The van der Waals surface area contributed by atoms with Gasteiger partial charge in [-0.15, -0.1) is 0 Å². The minimum atomic E-state index is 0. The van der Waals surface area contributed by atoms with Gasteiger partial charge >= 0.3 is 0 Å². The second kappa shape index (κ2) is 9.46. The zero-order valence-electron chi connectivity index (χ0n) is 16.4. The standard InChI is InChI=1S/C16H15NO.3C2H6.H2/c1-9-6-14-15(13-7-12(9)13)11-5-3-2-4-10(11)8-17-16(14)18;3*1-2;/h2-6,12-13H,7-8H2,1H3,(H,17,18);3*1-2H3;1H. The van der Waals surface area contributed by atoms with E-state index >= 15 is 0 Å². The molecule has 1 saturated carbocycles. The van der Waals surface area contributed by atoms with E-state index in [-0.39, 0.29) is 7.33 Å². The van der Waals surface area contributed by atoms with Crippen LogP contribution in [-0.4, -0.2) is 5.91 Å². The number of allylic oxidation sites excluding steroid dienone is 2. The van der Waals surface area contributed by atoms with Crippen LogP contribution in [0.2, 0.25) is 0 Å². The highest BCUT2D eigenvalue weighted by atomic mass is 16.1. The predicted octanol–water partition coefficient (Wildman–Crippen LogP) is 5.99. The highest BCUT2D eigenvalue weighted by molar-refractivity contribution is 6.06. The molecule has 0 spiro atoms. The van der Waals surface area contributed by atoms with E-state index in [4.69, 9.17) is 0 Å². The van der Waals surface area contributed by atoms with Crippen molar-refractivity contribution in [2.75, 3.05) is 0 Å². The lowest BCUT2D eigenvalue weighted by Gasteiger charge is -2.16. The molecule has 1 aliphatic heterocycles. The van der Waals surface area contributed by atoms with Crippen LogP contribution in [0.5, 0.6) is 0 Å². The van der Waals surface area contributed by atoms with Crippen LogP contribution < -0.4 is 5.32 Å². The maximum Gasteiger partial charge on any atom is 0.251 e. The molecule has 2 nitrogen and oxygen atoms in total. The van der Waals surface area contributed by atoms with Gasteiger partial charge in [-0.25, -0.2) is 0 Å². The van der Waals surface area contributed by atoms with E-state index in [0.29, 0.717) is 18.4 Å². The molecule has 4 rings (SSSR count). The number of fused-ring (bicyclic) bond motifs is 4.